The van der Waals surface area contributed by atoms with Crippen molar-refractivity contribution >= 4 is 16.8 Å². The summed E-state index contributed by atoms with van der Waals surface area (Å²) in [6.07, 6.45) is 0.823. The second-order valence-electron chi connectivity index (χ2n) is 3.67. The van der Waals surface area contributed by atoms with E-state index >= 15 is 0 Å². The van der Waals surface area contributed by atoms with E-state index in [2.05, 4.69) is 26.1 Å². The molecule has 0 atom stereocenters. The molecule has 0 aromatic heterocycles. The van der Waals surface area contributed by atoms with Crippen LogP contribution in [0, 0.1) is 0 Å². The number of nitrogens with zero attached hydrogens (tertiary/aromatic N) is 2. The summed E-state index contributed by atoms with van der Waals surface area (Å²) in [5.41, 5.74) is 0. The average molecular weight is 219 g/mol. The van der Waals surface area contributed by atoms with Gasteiger partial charge in [-0.2, -0.15) is 0 Å². The Hall–Kier alpha value is -0.220. The van der Waals surface area contributed by atoms with Crippen molar-refractivity contribution in [2.75, 3.05) is 32.4 Å². The highest BCUT2D eigenvalue weighted by Gasteiger charge is 2.15. The third kappa shape index (κ3) is 4.86. The van der Waals surface area contributed by atoms with E-state index in [-0.39, 0.29) is 0 Å². The lowest BCUT2D eigenvalue weighted by Gasteiger charge is -2.31. The molecule has 14 heavy (non-hydrogen) atoms. The van der Waals surface area contributed by atoms with Crippen LogP contribution < -0.4 is 0 Å². The Morgan fingerprint density at radius 1 is 1.29 bits per heavy atom. The molecule has 4 heteroatoms. The van der Waals surface area contributed by atoms with E-state index in [4.69, 9.17) is 5.21 Å². The summed E-state index contributed by atoms with van der Waals surface area (Å²) in [4.78, 5) is 0. The molecule has 0 rings (SSSR count). The van der Waals surface area contributed by atoms with Gasteiger partial charge in [0.2, 0.25) is 0 Å². The van der Waals surface area contributed by atoms with Crippen molar-refractivity contribution in [3.8, 4) is 0 Å². The highest BCUT2D eigenvalue weighted by molar-refractivity contribution is 8.13. The number of hydrogen-bond acceptors (Lipinski definition) is 3. The number of hydrogen-bond donors (Lipinski definition) is 1. The van der Waals surface area contributed by atoms with Crippen LogP contribution >= 0.6 is 11.8 Å². The average Bonchev–Trinajstić information content (AvgIpc) is 2.24. The van der Waals surface area contributed by atoms with Crippen molar-refractivity contribution < 1.29 is 9.69 Å². The van der Waals surface area contributed by atoms with Crippen molar-refractivity contribution in [2.45, 2.75) is 27.2 Å². The third-order valence-electron chi connectivity index (χ3n) is 2.84. The predicted octanol–water partition coefficient (Wildman–Crippen LogP) is 2.40. The Morgan fingerprint density at radius 2 is 1.86 bits per heavy atom. The first-order valence-electron chi connectivity index (χ1n) is 5.29. The van der Waals surface area contributed by atoms with Gasteiger partial charge in [0.05, 0.1) is 26.7 Å². The minimum Gasteiger partial charge on any atom is -0.410 e. The molecule has 0 radical (unpaired) electrons. The lowest BCUT2D eigenvalue weighted by Crippen LogP contribution is -2.45. The monoisotopic (exact) mass is 219 g/mol. The maximum atomic E-state index is 8.63. The molecule has 0 aromatic carbocycles. The molecule has 0 saturated carbocycles. The summed E-state index contributed by atoms with van der Waals surface area (Å²) in [6, 6.07) is 0. The molecule has 84 valence electrons. The van der Waals surface area contributed by atoms with Crippen LogP contribution in [0.2, 0.25) is 0 Å². The predicted molar refractivity (Wildman–Crippen MR) is 64.1 cm³/mol. The fraction of sp³-hybridized carbons (Fsp3) is 0.900. The normalized spacial score (nSPS) is 13.3. The van der Waals surface area contributed by atoms with Gasteiger partial charge in [-0.05, 0) is 20.3 Å². The molecule has 1 N–H and O–H groups in total. The molecule has 0 aliphatic rings. The van der Waals surface area contributed by atoms with Crippen LogP contribution in [0.4, 0.5) is 0 Å². The first kappa shape index (κ1) is 13.8. The van der Waals surface area contributed by atoms with E-state index < -0.39 is 0 Å². The number of oxime groups is 1. The third-order valence-corrected chi connectivity index (χ3v) is 3.93. The van der Waals surface area contributed by atoms with Gasteiger partial charge in [-0.3, -0.25) is 0 Å². The standard InChI is InChI=1S/C10H22N2OS/c1-5-10(11-13)14-9-8-12(4,6-2)7-3/h5-9H2,1-4H3/p+1/b11-10+. The zero-order valence-corrected chi connectivity index (χ0v) is 10.6. The second kappa shape index (κ2) is 7.12. The zero-order valence-electron chi connectivity index (χ0n) is 9.79. The van der Waals surface area contributed by atoms with Crippen LogP contribution in [-0.4, -0.2) is 47.2 Å². The Kier molecular flexibility index (Phi) is 7.01. The first-order chi connectivity index (χ1) is 6.61. The minimum absolute atomic E-state index is 0.823. The summed E-state index contributed by atoms with van der Waals surface area (Å²) in [6.45, 7) is 9.90. The topological polar surface area (TPSA) is 32.6 Å². The zero-order chi connectivity index (χ0) is 11.0. The first-order valence-corrected chi connectivity index (χ1v) is 6.27. The van der Waals surface area contributed by atoms with Crippen LogP contribution in [0.5, 0.6) is 0 Å². The maximum absolute atomic E-state index is 8.63. The Bertz CT molecular complexity index is 179. The van der Waals surface area contributed by atoms with Crippen molar-refractivity contribution in [1.29, 1.82) is 0 Å². The van der Waals surface area contributed by atoms with Gasteiger partial charge in [-0.15, -0.1) is 11.8 Å². The van der Waals surface area contributed by atoms with E-state index in [1.807, 2.05) is 6.92 Å². The maximum Gasteiger partial charge on any atom is 0.112 e. The molecule has 0 fully saturated rings. The Labute approximate surface area is 91.8 Å². The van der Waals surface area contributed by atoms with E-state index in [0.29, 0.717) is 0 Å². The van der Waals surface area contributed by atoms with Crippen LogP contribution in [0.1, 0.15) is 27.2 Å². The SMILES string of the molecule is CC/C(=N\O)SCC[N+](C)(CC)CC. The highest BCUT2D eigenvalue weighted by Crippen LogP contribution is 2.10. The molecular weight excluding hydrogens is 196 g/mol. The number of rotatable bonds is 6. The highest BCUT2D eigenvalue weighted by atomic mass is 32.2. The fourth-order valence-corrected chi connectivity index (χ4v) is 2.15. The molecule has 0 bridgehead atoms. The molecule has 0 aromatic rings. The summed E-state index contributed by atoms with van der Waals surface area (Å²) in [5.74, 6) is 1.03. The van der Waals surface area contributed by atoms with E-state index in [1.165, 1.54) is 0 Å². The Balaban J connectivity index is 3.82. The fourth-order valence-electron chi connectivity index (χ4n) is 1.13. The lowest BCUT2D eigenvalue weighted by atomic mass is 10.4. The summed E-state index contributed by atoms with van der Waals surface area (Å²) >= 11 is 1.66. The van der Waals surface area contributed by atoms with Crippen molar-refractivity contribution in [3.05, 3.63) is 0 Å². The number of quaternary nitrogens is 1. The molecule has 0 amide bonds. The largest absolute Gasteiger partial charge is 0.410 e. The van der Waals surface area contributed by atoms with Crippen molar-refractivity contribution in [1.82, 2.24) is 0 Å². The van der Waals surface area contributed by atoms with Crippen molar-refractivity contribution in [2.24, 2.45) is 5.16 Å². The van der Waals surface area contributed by atoms with Crippen LogP contribution in [0.3, 0.4) is 0 Å². The summed E-state index contributed by atoms with van der Waals surface area (Å²) in [5, 5.41) is 12.7. The second-order valence-corrected chi connectivity index (χ2v) is 4.84. The van der Waals surface area contributed by atoms with Gasteiger partial charge in [0.25, 0.3) is 0 Å². The van der Waals surface area contributed by atoms with Gasteiger partial charge in [0, 0.05) is 5.75 Å². The summed E-state index contributed by atoms with van der Waals surface area (Å²) in [7, 11) is 2.27. The van der Waals surface area contributed by atoms with Crippen LogP contribution in [-0.2, 0) is 0 Å². The molecule has 0 heterocycles. The van der Waals surface area contributed by atoms with Gasteiger partial charge in [0.1, 0.15) is 5.04 Å². The van der Waals surface area contributed by atoms with Gasteiger partial charge in [-0.25, -0.2) is 0 Å². The van der Waals surface area contributed by atoms with E-state index in [1.54, 1.807) is 11.8 Å². The molecule has 0 saturated heterocycles. The quantitative estimate of drug-likeness (QED) is 0.245. The molecule has 0 aliphatic heterocycles. The van der Waals surface area contributed by atoms with Crippen LogP contribution in [0.25, 0.3) is 0 Å². The van der Waals surface area contributed by atoms with E-state index in [9.17, 15) is 0 Å². The summed E-state index contributed by atoms with van der Waals surface area (Å²) < 4.78 is 1.09. The molecule has 0 unspecified atom stereocenters. The van der Waals surface area contributed by atoms with Gasteiger partial charge in [0.15, 0.2) is 0 Å². The van der Waals surface area contributed by atoms with Gasteiger partial charge < -0.3 is 9.69 Å². The molecule has 0 aliphatic carbocycles. The minimum atomic E-state index is 0.823. The number of thioether (sulfide) groups is 1. The molecule has 0 spiro atoms. The van der Waals surface area contributed by atoms with Gasteiger partial charge >= 0.3 is 0 Å². The lowest BCUT2D eigenvalue weighted by molar-refractivity contribution is -0.903. The molecule has 3 nitrogen and oxygen atoms in total. The smallest absolute Gasteiger partial charge is 0.112 e. The Morgan fingerprint density at radius 3 is 2.21 bits per heavy atom. The van der Waals surface area contributed by atoms with E-state index in [0.717, 1.165) is 41.3 Å². The van der Waals surface area contributed by atoms with Gasteiger partial charge in [-0.1, -0.05) is 12.1 Å². The van der Waals surface area contributed by atoms with Crippen molar-refractivity contribution in [3.63, 3.8) is 0 Å². The van der Waals surface area contributed by atoms with Crippen LogP contribution in [0.15, 0.2) is 5.16 Å². The molecular formula is C10H23N2OS+.